The highest BCUT2D eigenvalue weighted by Crippen LogP contribution is 2.35. The van der Waals surface area contributed by atoms with E-state index in [1.54, 1.807) is 34.9 Å². The molecule has 0 fully saturated rings. The van der Waals surface area contributed by atoms with Gasteiger partial charge in [-0.2, -0.15) is 13.2 Å². The maximum Gasteiger partial charge on any atom is 0.416 e. The first-order valence-corrected chi connectivity index (χ1v) is 7.11. The third-order valence-corrected chi connectivity index (χ3v) is 4.12. The number of rotatable bonds is 2. The Morgan fingerprint density at radius 1 is 1.10 bits per heavy atom. The molecule has 0 unspecified atom stereocenters. The van der Waals surface area contributed by atoms with Crippen molar-refractivity contribution in [3.63, 3.8) is 0 Å². The molecule has 2 nitrogen and oxygen atoms in total. The van der Waals surface area contributed by atoms with Gasteiger partial charge in [0.05, 0.1) is 10.6 Å². The van der Waals surface area contributed by atoms with Gasteiger partial charge in [-0.15, -0.1) is 0 Å². The molecule has 2 aromatic heterocycles. The van der Waals surface area contributed by atoms with Crippen LogP contribution in [0.2, 0.25) is 5.02 Å². The van der Waals surface area contributed by atoms with E-state index in [4.69, 9.17) is 11.6 Å². The molecular weight excluding hydrogens is 321 g/mol. The molecule has 7 heteroatoms. The van der Waals surface area contributed by atoms with Crippen molar-refractivity contribution in [2.24, 2.45) is 0 Å². The second-order valence-electron chi connectivity index (χ2n) is 4.29. The van der Waals surface area contributed by atoms with Gasteiger partial charge in [0.25, 0.3) is 0 Å². The number of aromatic nitrogens is 2. The number of benzene rings is 1. The monoisotopic (exact) mass is 328 g/mol. The smallest absolute Gasteiger partial charge is 0.294 e. The van der Waals surface area contributed by atoms with E-state index in [0.29, 0.717) is 10.0 Å². The highest BCUT2D eigenvalue weighted by molar-refractivity contribution is 7.99. The van der Waals surface area contributed by atoms with E-state index in [2.05, 4.69) is 4.98 Å². The summed E-state index contributed by atoms with van der Waals surface area (Å²) in [5, 5.41) is 1.02. The number of halogens is 4. The predicted octanol–water partition coefficient (Wildman–Crippen LogP) is 5.16. The van der Waals surface area contributed by atoms with Crippen molar-refractivity contribution in [2.75, 3.05) is 0 Å². The number of fused-ring (bicyclic) bond motifs is 1. The summed E-state index contributed by atoms with van der Waals surface area (Å²) in [5.41, 5.74) is -0.445. The summed E-state index contributed by atoms with van der Waals surface area (Å²) in [6.07, 6.45) is -1.29. The molecular formula is C14H8ClF3N2S. The molecule has 3 aromatic rings. The average Bonchev–Trinajstić information content (AvgIpc) is 2.89. The lowest BCUT2D eigenvalue weighted by atomic mass is 10.2. The molecule has 0 atom stereocenters. The van der Waals surface area contributed by atoms with Crippen molar-refractivity contribution in [1.82, 2.24) is 9.38 Å². The average molecular weight is 329 g/mol. The second kappa shape index (κ2) is 5.27. The van der Waals surface area contributed by atoms with Crippen molar-refractivity contribution in [2.45, 2.75) is 16.1 Å². The molecule has 0 spiro atoms. The zero-order valence-electron chi connectivity index (χ0n) is 10.4. The van der Waals surface area contributed by atoms with Gasteiger partial charge in [-0.1, -0.05) is 23.4 Å². The lowest BCUT2D eigenvalue weighted by molar-refractivity contribution is -0.137. The summed E-state index contributed by atoms with van der Waals surface area (Å²) in [6, 6.07) is 9.07. The molecule has 2 heterocycles. The van der Waals surface area contributed by atoms with E-state index >= 15 is 0 Å². The predicted molar refractivity (Wildman–Crippen MR) is 75.8 cm³/mol. The molecule has 0 N–H and O–H groups in total. The van der Waals surface area contributed by atoms with Crippen molar-refractivity contribution in [3.8, 4) is 0 Å². The molecule has 0 radical (unpaired) electrons. The van der Waals surface area contributed by atoms with Crippen LogP contribution < -0.4 is 0 Å². The highest BCUT2D eigenvalue weighted by Gasteiger charge is 2.31. The SMILES string of the molecule is FC(F)(F)c1cc(Sc2ccc(Cl)cc2)n2ccnc2c1. The number of alkyl halides is 3. The number of hydrogen-bond donors (Lipinski definition) is 0. The van der Waals surface area contributed by atoms with Crippen LogP contribution in [-0.4, -0.2) is 9.38 Å². The molecule has 0 saturated heterocycles. The Morgan fingerprint density at radius 3 is 2.48 bits per heavy atom. The lowest BCUT2D eigenvalue weighted by Crippen LogP contribution is -2.06. The highest BCUT2D eigenvalue weighted by atomic mass is 35.5. The Balaban J connectivity index is 2.07. The fourth-order valence-corrected chi connectivity index (χ4v) is 2.94. The Labute approximate surface area is 127 Å². The summed E-state index contributed by atoms with van der Waals surface area (Å²) >= 11 is 7.03. The molecule has 0 amide bonds. The van der Waals surface area contributed by atoms with Gasteiger partial charge in [-0.05, 0) is 36.4 Å². The lowest BCUT2D eigenvalue weighted by Gasteiger charge is -2.11. The summed E-state index contributed by atoms with van der Waals surface area (Å²) in [5.74, 6) is 0. The van der Waals surface area contributed by atoms with Gasteiger partial charge < -0.3 is 0 Å². The molecule has 3 rings (SSSR count). The molecule has 0 saturated carbocycles. The van der Waals surface area contributed by atoms with E-state index < -0.39 is 11.7 Å². The largest absolute Gasteiger partial charge is 0.416 e. The quantitative estimate of drug-likeness (QED) is 0.646. The van der Waals surface area contributed by atoms with Crippen LogP contribution in [0.15, 0.2) is 58.7 Å². The second-order valence-corrected chi connectivity index (χ2v) is 5.82. The van der Waals surface area contributed by atoms with Crippen LogP contribution in [0.1, 0.15) is 5.56 Å². The minimum Gasteiger partial charge on any atom is -0.294 e. The van der Waals surface area contributed by atoms with Crippen LogP contribution >= 0.6 is 23.4 Å². The fourth-order valence-electron chi connectivity index (χ4n) is 1.86. The number of pyridine rings is 1. The maximum atomic E-state index is 12.9. The standard InChI is InChI=1S/C14H8ClF3N2S/c15-10-1-3-11(4-2-10)21-13-8-9(14(16,17)18)7-12-19-5-6-20(12)13/h1-8H. The molecule has 108 valence electrons. The first-order valence-electron chi connectivity index (χ1n) is 5.91. The Hall–Kier alpha value is -1.66. The molecule has 21 heavy (non-hydrogen) atoms. The van der Waals surface area contributed by atoms with Crippen LogP contribution in [0.5, 0.6) is 0 Å². The molecule has 0 aliphatic rings. The number of nitrogens with zero attached hydrogens (tertiary/aromatic N) is 2. The topological polar surface area (TPSA) is 17.3 Å². The van der Waals surface area contributed by atoms with Crippen molar-refractivity contribution in [1.29, 1.82) is 0 Å². The first-order chi connectivity index (χ1) is 9.93. The van der Waals surface area contributed by atoms with E-state index in [0.717, 1.165) is 17.0 Å². The van der Waals surface area contributed by atoms with Crippen LogP contribution in [0.3, 0.4) is 0 Å². The zero-order valence-corrected chi connectivity index (χ0v) is 12.0. The third-order valence-electron chi connectivity index (χ3n) is 2.83. The minimum atomic E-state index is -4.40. The van der Waals surface area contributed by atoms with Crippen LogP contribution in [0.25, 0.3) is 5.65 Å². The number of hydrogen-bond acceptors (Lipinski definition) is 2. The fraction of sp³-hybridized carbons (Fsp3) is 0.0714. The molecule has 1 aromatic carbocycles. The van der Waals surface area contributed by atoms with Crippen molar-refractivity contribution >= 4 is 29.0 Å². The zero-order chi connectivity index (χ0) is 15.0. The Bertz CT molecular complexity index is 781. The Morgan fingerprint density at radius 2 is 1.81 bits per heavy atom. The van der Waals surface area contributed by atoms with E-state index in [-0.39, 0.29) is 5.65 Å². The van der Waals surface area contributed by atoms with E-state index in [9.17, 15) is 13.2 Å². The van der Waals surface area contributed by atoms with Gasteiger partial charge in [-0.3, -0.25) is 4.40 Å². The van der Waals surface area contributed by atoms with Gasteiger partial charge in [-0.25, -0.2) is 4.98 Å². The van der Waals surface area contributed by atoms with Crippen LogP contribution in [0.4, 0.5) is 13.2 Å². The number of imidazole rings is 1. The van der Waals surface area contributed by atoms with Crippen molar-refractivity contribution in [3.05, 3.63) is 59.4 Å². The molecule has 0 aliphatic carbocycles. The Kier molecular flexibility index (Phi) is 3.59. The third kappa shape index (κ3) is 3.01. The normalized spacial score (nSPS) is 12.0. The van der Waals surface area contributed by atoms with Gasteiger partial charge in [0.15, 0.2) is 0 Å². The van der Waals surface area contributed by atoms with Gasteiger partial charge in [0.2, 0.25) is 0 Å². The maximum absolute atomic E-state index is 12.9. The van der Waals surface area contributed by atoms with E-state index in [1.165, 1.54) is 18.0 Å². The van der Waals surface area contributed by atoms with Gasteiger partial charge in [0, 0.05) is 22.3 Å². The van der Waals surface area contributed by atoms with Gasteiger partial charge >= 0.3 is 6.18 Å². The molecule has 0 bridgehead atoms. The molecule has 0 aliphatic heterocycles. The summed E-state index contributed by atoms with van der Waals surface area (Å²) in [4.78, 5) is 4.74. The summed E-state index contributed by atoms with van der Waals surface area (Å²) < 4.78 is 40.4. The van der Waals surface area contributed by atoms with Crippen LogP contribution in [0, 0.1) is 0 Å². The minimum absolute atomic E-state index is 0.265. The van der Waals surface area contributed by atoms with E-state index in [1.807, 2.05) is 0 Å². The van der Waals surface area contributed by atoms with Gasteiger partial charge in [0.1, 0.15) is 5.65 Å². The van der Waals surface area contributed by atoms with Crippen molar-refractivity contribution < 1.29 is 13.2 Å². The summed E-state index contributed by atoms with van der Waals surface area (Å²) in [7, 11) is 0. The summed E-state index contributed by atoms with van der Waals surface area (Å²) in [6.45, 7) is 0. The van der Waals surface area contributed by atoms with Crippen LogP contribution in [-0.2, 0) is 6.18 Å². The first kappa shape index (κ1) is 14.3.